The van der Waals surface area contributed by atoms with E-state index < -0.39 is 0 Å². The predicted octanol–water partition coefficient (Wildman–Crippen LogP) is 5.14. The van der Waals surface area contributed by atoms with Crippen molar-refractivity contribution in [3.8, 4) is 5.75 Å². The van der Waals surface area contributed by atoms with Crippen LogP contribution in [0.3, 0.4) is 0 Å². The molecule has 2 aliphatic rings. The molecule has 0 amide bonds. The molecule has 3 heteroatoms. The Labute approximate surface area is 150 Å². The van der Waals surface area contributed by atoms with Gasteiger partial charge in [0.15, 0.2) is 0 Å². The Kier molecular flexibility index (Phi) is 5.17. The number of ether oxygens (including phenoxy) is 1. The minimum atomic E-state index is 0.364. The van der Waals surface area contributed by atoms with Gasteiger partial charge in [-0.25, -0.2) is 0 Å². The smallest absolute Gasteiger partial charge is 0.137 e. The molecule has 0 fully saturated rings. The quantitative estimate of drug-likeness (QED) is 0.704. The minimum absolute atomic E-state index is 0.364. The molecule has 1 aromatic rings. The Morgan fingerprint density at radius 1 is 1.33 bits per heavy atom. The molecule has 1 heterocycles. The Hall–Kier alpha value is -1.51. The van der Waals surface area contributed by atoms with E-state index in [0.717, 1.165) is 25.1 Å². The summed E-state index contributed by atoms with van der Waals surface area (Å²) in [6.07, 6.45) is 9.53. The summed E-state index contributed by atoms with van der Waals surface area (Å²) >= 11 is 6.40. The van der Waals surface area contributed by atoms with Crippen molar-refractivity contribution in [2.45, 2.75) is 38.1 Å². The van der Waals surface area contributed by atoms with Crippen LogP contribution in [-0.2, 0) is 6.42 Å². The van der Waals surface area contributed by atoms with Crippen LogP contribution in [0.25, 0.3) is 0 Å². The van der Waals surface area contributed by atoms with E-state index in [9.17, 15) is 0 Å². The van der Waals surface area contributed by atoms with E-state index in [4.69, 9.17) is 16.3 Å². The van der Waals surface area contributed by atoms with Crippen LogP contribution in [0.4, 0.5) is 0 Å². The fraction of sp³-hybridized carbons (Fsp3) is 0.429. The lowest BCUT2D eigenvalue weighted by molar-refractivity contribution is 0.214. The molecule has 0 saturated heterocycles. The first-order chi connectivity index (χ1) is 11.6. The maximum absolute atomic E-state index is 6.40. The molecule has 0 spiro atoms. The van der Waals surface area contributed by atoms with Gasteiger partial charge in [0.2, 0.25) is 0 Å². The number of methoxy groups -OCH3 is 1. The van der Waals surface area contributed by atoms with E-state index in [2.05, 4.69) is 49.7 Å². The van der Waals surface area contributed by atoms with Gasteiger partial charge in [-0.2, -0.15) is 0 Å². The summed E-state index contributed by atoms with van der Waals surface area (Å²) < 4.78 is 5.51. The van der Waals surface area contributed by atoms with Gasteiger partial charge in [-0.15, -0.1) is 0 Å². The van der Waals surface area contributed by atoms with Crippen molar-refractivity contribution in [2.75, 3.05) is 20.7 Å². The highest BCUT2D eigenvalue weighted by Gasteiger charge is 2.36. The Morgan fingerprint density at radius 3 is 2.83 bits per heavy atom. The van der Waals surface area contributed by atoms with Crippen molar-refractivity contribution in [1.82, 2.24) is 4.90 Å². The molecule has 0 radical (unpaired) electrons. The number of halogens is 1. The standard InChI is InChI=1S/C21H26ClNO/c1-5-6-7-16-14(2)8-9-19-21(16)17-13-20(24-4)18(22)12-15(17)10-11-23(19)3/h5-7,12-13,19,21H,1,8-11H2,2-4H3/b7-6-/t19?,21-/m1/s1. The molecular formula is C21H26ClNO. The average molecular weight is 344 g/mol. The predicted molar refractivity (Wildman–Crippen MR) is 102 cm³/mol. The van der Waals surface area contributed by atoms with Gasteiger partial charge in [0.05, 0.1) is 12.1 Å². The van der Waals surface area contributed by atoms with Gasteiger partial charge in [-0.1, -0.05) is 42.0 Å². The first-order valence-corrected chi connectivity index (χ1v) is 9.00. The average Bonchev–Trinajstić information content (AvgIpc) is 2.70. The fourth-order valence-corrected chi connectivity index (χ4v) is 4.41. The van der Waals surface area contributed by atoms with Crippen LogP contribution in [0.15, 0.2) is 48.1 Å². The topological polar surface area (TPSA) is 12.5 Å². The van der Waals surface area contributed by atoms with E-state index in [1.807, 2.05) is 6.08 Å². The number of allylic oxidation sites excluding steroid dienone is 4. The molecule has 128 valence electrons. The van der Waals surface area contributed by atoms with E-state index in [1.165, 1.54) is 28.7 Å². The maximum Gasteiger partial charge on any atom is 0.137 e. The molecule has 2 nitrogen and oxygen atoms in total. The summed E-state index contributed by atoms with van der Waals surface area (Å²) in [6, 6.07) is 4.78. The number of hydrogen-bond donors (Lipinski definition) is 0. The van der Waals surface area contributed by atoms with Crippen LogP contribution in [-0.4, -0.2) is 31.6 Å². The zero-order chi connectivity index (χ0) is 17.3. The van der Waals surface area contributed by atoms with E-state index in [1.54, 1.807) is 7.11 Å². The monoisotopic (exact) mass is 343 g/mol. The van der Waals surface area contributed by atoms with Crippen LogP contribution in [0.5, 0.6) is 5.75 Å². The zero-order valence-corrected chi connectivity index (χ0v) is 15.6. The number of nitrogens with zero attached hydrogens (tertiary/aromatic N) is 1. The zero-order valence-electron chi connectivity index (χ0n) is 14.8. The van der Waals surface area contributed by atoms with Crippen LogP contribution >= 0.6 is 11.6 Å². The molecule has 2 atom stereocenters. The summed E-state index contributed by atoms with van der Waals surface area (Å²) in [4.78, 5) is 2.51. The number of hydrogen-bond acceptors (Lipinski definition) is 2. The Balaban J connectivity index is 2.20. The highest BCUT2D eigenvalue weighted by atomic mass is 35.5. The lowest BCUT2D eigenvalue weighted by Gasteiger charge is -2.38. The summed E-state index contributed by atoms with van der Waals surface area (Å²) in [7, 11) is 3.94. The molecule has 1 aliphatic heterocycles. The molecule has 0 bridgehead atoms. The van der Waals surface area contributed by atoms with Crippen LogP contribution in [0.1, 0.15) is 36.8 Å². The second-order valence-corrected chi connectivity index (χ2v) is 7.24. The number of likely N-dealkylation sites (N-methyl/N-ethyl adjacent to an activating group) is 1. The van der Waals surface area contributed by atoms with Crippen LogP contribution < -0.4 is 4.74 Å². The molecule has 1 aromatic carbocycles. The molecular weight excluding hydrogens is 318 g/mol. The Morgan fingerprint density at radius 2 is 2.12 bits per heavy atom. The van der Waals surface area contributed by atoms with Gasteiger partial charge in [0.25, 0.3) is 0 Å². The normalized spacial score (nSPS) is 24.5. The molecule has 24 heavy (non-hydrogen) atoms. The van der Waals surface area contributed by atoms with Crippen LogP contribution in [0.2, 0.25) is 5.02 Å². The Bertz CT molecular complexity index is 704. The third-order valence-corrected chi connectivity index (χ3v) is 5.78. The minimum Gasteiger partial charge on any atom is -0.495 e. The molecule has 0 N–H and O–H groups in total. The lowest BCUT2D eigenvalue weighted by atomic mass is 9.74. The fourth-order valence-electron chi connectivity index (χ4n) is 4.15. The van der Waals surface area contributed by atoms with Crippen molar-refractivity contribution in [3.63, 3.8) is 0 Å². The summed E-state index contributed by atoms with van der Waals surface area (Å²) in [6.45, 7) is 7.16. The second-order valence-electron chi connectivity index (χ2n) is 6.83. The first kappa shape index (κ1) is 17.3. The SMILES string of the molecule is C=C/C=C\C1=C(C)CCC2[C@H]1c1cc(OC)c(Cl)cc1CCN2C. The molecule has 1 aliphatic carbocycles. The van der Waals surface area contributed by atoms with Gasteiger partial charge in [-0.05, 0) is 62.1 Å². The highest BCUT2D eigenvalue weighted by molar-refractivity contribution is 6.32. The largest absolute Gasteiger partial charge is 0.495 e. The van der Waals surface area contributed by atoms with E-state index in [0.29, 0.717) is 17.0 Å². The number of benzene rings is 1. The van der Waals surface area contributed by atoms with Crippen molar-refractivity contribution in [1.29, 1.82) is 0 Å². The maximum atomic E-state index is 6.40. The van der Waals surface area contributed by atoms with Gasteiger partial charge < -0.3 is 9.64 Å². The first-order valence-electron chi connectivity index (χ1n) is 8.62. The van der Waals surface area contributed by atoms with Crippen molar-refractivity contribution in [3.05, 3.63) is 64.2 Å². The van der Waals surface area contributed by atoms with E-state index in [-0.39, 0.29) is 0 Å². The lowest BCUT2D eigenvalue weighted by Crippen LogP contribution is -2.38. The van der Waals surface area contributed by atoms with Crippen molar-refractivity contribution >= 4 is 11.6 Å². The molecule has 0 aromatic heterocycles. The van der Waals surface area contributed by atoms with Gasteiger partial charge in [-0.3, -0.25) is 0 Å². The van der Waals surface area contributed by atoms with Crippen LogP contribution in [0, 0.1) is 0 Å². The second kappa shape index (κ2) is 7.16. The third-order valence-electron chi connectivity index (χ3n) is 5.49. The summed E-state index contributed by atoms with van der Waals surface area (Å²) in [5, 5.41) is 0.706. The third kappa shape index (κ3) is 3.05. The summed E-state index contributed by atoms with van der Waals surface area (Å²) in [5.41, 5.74) is 5.61. The van der Waals surface area contributed by atoms with Crippen molar-refractivity contribution in [2.24, 2.45) is 0 Å². The summed E-state index contributed by atoms with van der Waals surface area (Å²) in [5.74, 6) is 1.14. The molecule has 0 saturated carbocycles. The molecule has 3 rings (SSSR count). The number of rotatable bonds is 3. The molecule has 1 unspecified atom stereocenters. The highest BCUT2D eigenvalue weighted by Crippen LogP contribution is 2.45. The van der Waals surface area contributed by atoms with Gasteiger partial charge >= 0.3 is 0 Å². The number of fused-ring (bicyclic) bond motifs is 3. The van der Waals surface area contributed by atoms with Gasteiger partial charge in [0.1, 0.15) is 5.75 Å². The van der Waals surface area contributed by atoms with E-state index >= 15 is 0 Å². The van der Waals surface area contributed by atoms with Crippen molar-refractivity contribution < 1.29 is 4.74 Å². The van der Waals surface area contributed by atoms with Gasteiger partial charge in [0, 0.05) is 18.5 Å².